The van der Waals surface area contributed by atoms with Crippen molar-refractivity contribution in [3.8, 4) is 0 Å². The summed E-state index contributed by atoms with van der Waals surface area (Å²) in [5, 5.41) is 0. The third kappa shape index (κ3) is 5.20. The fourth-order valence-electron chi connectivity index (χ4n) is 4.12. The molecule has 1 aliphatic rings. The number of carbonyl (C=O) groups excluding carboxylic acids is 2. The zero-order valence-electron chi connectivity index (χ0n) is 18.6. The Bertz CT molecular complexity index is 1150. The molecule has 180 valence electrons. The topological polar surface area (TPSA) is 90.6 Å². The zero-order valence-corrected chi connectivity index (χ0v) is 19.4. The van der Waals surface area contributed by atoms with E-state index < -0.39 is 21.8 Å². The van der Waals surface area contributed by atoms with Crippen molar-refractivity contribution in [3.05, 3.63) is 52.3 Å². The van der Waals surface area contributed by atoms with Gasteiger partial charge in [-0.3, -0.25) is 14.5 Å². The van der Waals surface area contributed by atoms with Crippen LogP contribution in [0.1, 0.15) is 51.5 Å². The maximum atomic E-state index is 12.9. The molecule has 3 rings (SSSR count). The first-order valence-electron chi connectivity index (χ1n) is 10.5. The molecule has 33 heavy (non-hydrogen) atoms. The lowest BCUT2D eigenvalue weighted by Crippen LogP contribution is -2.49. The van der Waals surface area contributed by atoms with Gasteiger partial charge >= 0.3 is 6.18 Å². The smallest absolute Gasteiger partial charge is 0.355 e. The monoisotopic (exact) mass is 485 g/mol. The van der Waals surface area contributed by atoms with Gasteiger partial charge in [-0.15, -0.1) is 0 Å². The summed E-state index contributed by atoms with van der Waals surface area (Å²) in [6.45, 7) is 5.96. The Morgan fingerprint density at radius 3 is 2.12 bits per heavy atom. The minimum atomic E-state index is -4.54. The number of piperazine rings is 1. The Hall–Kier alpha value is -2.50. The molecule has 11 heteroatoms. The summed E-state index contributed by atoms with van der Waals surface area (Å²) in [5.74, 6) is -0.289. The van der Waals surface area contributed by atoms with Gasteiger partial charge in [0, 0.05) is 37.4 Å². The van der Waals surface area contributed by atoms with Crippen molar-refractivity contribution >= 4 is 21.6 Å². The number of nitrogens with zero attached hydrogens (tertiary/aromatic N) is 2. The molecule has 1 aliphatic heterocycles. The van der Waals surface area contributed by atoms with E-state index in [9.17, 15) is 31.2 Å². The molecule has 0 radical (unpaired) electrons. The minimum Gasteiger partial charge on any atom is -0.355 e. The van der Waals surface area contributed by atoms with Crippen molar-refractivity contribution in [3.63, 3.8) is 0 Å². The number of H-pyrrole nitrogens is 1. The molecule has 1 saturated heterocycles. The summed E-state index contributed by atoms with van der Waals surface area (Å²) >= 11 is 0. The van der Waals surface area contributed by atoms with Crippen molar-refractivity contribution in [1.29, 1.82) is 0 Å². The van der Waals surface area contributed by atoms with Crippen LogP contribution in [0.4, 0.5) is 13.2 Å². The molecule has 0 spiro atoms. The van der Waals surface area contributed by atoms with Gasteiger partial charge in [0.25, 0.3) is 0 Å². The van der Waals surface area contributed by atoms with Crippen LogP contribution in [0.3, 0.4) is 0 Å². The van der Waals surface area contributed by atoms with Gasteiger partial charge < -0.3 is 4.98 Å². The third-order valence-electron chi connectivity index (χ3n) is 5.79. The number of aromatic nitrogens is 1. The Balaban J connectivity index is 1.66. The van der Waals surface area contributed by atoms with Gasteiger partial charge in [0.2, 0.25) is 10.0 Å². The zero-order chi connectivity index (χ0) is 24.6. The average Bonchev–Trinajstić information content (AvgIpc) is 3.10. The number of aromatic amines is 1. The van der Waals surface area contributed by atoms with Crippen molar-refractivity contribution in [2.75, 3.05) is 32.7 Å². The number of nitrogens with one attached hydrogen (secondary N) is 1. The Morgan fingerprint density at radius 2 is 1.64 bits per heavy atom. The Kier molecular flexibility index (Phi) is 7.15. The number of hydrogen-bond donors (Lipinski definition) is 1. The highest BCUT2D eigenvalue weighted by Crippen LogP contribution is 2.30. The van der Waals surface area contributed by atoms with Crippen LogP contribution >= 0.6 is 0 Å². The van der Waals surface area contributed by atoms with E-state index in [1.54, 1.807) is 6.92 Å². The number of rotatable bonds is 7. The first-order chi connectivity index (χ1) is 15.4. The molecular weight excluding hydrogens is 459 g/mol. The molecule has 0 atom stereocenters. The van der Waals surface area contributed by atoms with Crippen molar-refractivity contribution < 1.29 is 31.2 Å². The minimum absolute atomic E-state index is 0.0679. The highest BCUT2D eigenvalue weighted by Gasteiger charge is 2.33. The second kappa shape index (κ2) is 9.40. The second-order valence-corrected chi connectivity index (χ2v) is 9.95. The average molecular weight is 486 g/mol. The van der Waals surface area contributed by atoms with Gasteiger partial charge in [-0.25, -0.2) is 8.42 Å². The van der Waals surface area contributed by atoms with Gasteiger partial charge in [-0.1, -0.05) is 6.92 Å². The van der Waals surface area contributed by atoms with Crippen molar-refractivity contribution in [2.24, 2.45) is 0 Å². The molecule has 0 aliphatic carbocycles. The van der Waals surface area contributed by atoms with E-state index in [0.717, 1.165) is 24.3 Å². The molecule has 1 fully saturated rings. The molecule has 1 aromatic carbocycles. The summed E-state index contributed by atoms with van der Waals surface area (Å²) < 4.78 is 65.0. The Labute approximate surface area is 190 Å². The summed E-state index contributed by atoms with van der Waals surface area (Å²) in [4.78, 5) is 29.5. The van der Waals surface area contributed by atoms with E-state index >= 15 is 0 Å². The van der Waals surface area contributed by atoms with Gasteiger partial charge in [0.05, 0.1) is 22.7 Å². The van der Waals surface area contributed by atoms with Gasteiger partial charge in [-0.2, -0.15) is 17.5 Å². The van der Waals surface area contributed by atoms with Crippen molar-refractivity contribution in [2.45, 2.75) is 38.3 Å². The molecule has 0 unspecified atom stereocenters. The lowest BCUT2D eigenvalue weighted by molar-refractivity contribution is -0.137. The number of sulfonamides is 1. The highest BCUT2D eigenvalue weighted by molar-refractivity contribution is 7.89. The fourth-order valence-corrected chi connectivity index (χ4v) is 5.54. The van der Waals surface area contributed by atoms with Crippen LogP contribution in [0.15, 0.2) is 29.2 Å². The summed E-state index contributed by atoms with van der Waals surface area (Å²) in [6, 6.07) is 3.42. The fraction of sp³-hybridized carbons (Fsp3) is 0.455. The molecular formula is C22H26F3N3O4S. The lowest BCUT2D eigenvalue weighted by atomic mass is 10.0. The molecule has 0 amide bonds. The standard InChI is InChI=1S/C22H26F3N3O4S/c1-4-18-20(15(3)29)14(2)26-21(18)19(30)13-27-9-11-28(12-10-27)33(31,32)17-7-5-16(6-8-17)22(23,24)25/h5-8,26H,4,9-13H2,1-3H3. The predicted molar refractivity (Wildman–Crippen MR) is 116 cm³/mol. The van der Waals surface area contributed by atoms with Crippen LogP contribution in [0, 0.1) is 6.92 Å². The summed E-state index contributed by atoms with van der Waals surface area (Å²) in [7, 11) is -3.94. The molecule has 2 aromatic rings. The maximum Gasteiger partial charge on any atom is 0.416 e. The lowest BCUT2D eigenvalue weighted by Gasteiger charge is -2.33. The number of benzene rings is 1. The summed E-state index contributed by atoms with van der Waals surface area (Å²) in [6.07, 6.45) is -4.01. The van der Waals surface area contributed by atoms with Gasteiger partial charge in [0.15, 0.2) is 11.6 Å². The van der Waals surface area contributed by atoms with E-state index in [2.05, 4.69) is 4.98 Å². The normalized spacial score (nSPS) is 16.2. The summed E-state index contributed by atoms with van der Waals surface area (Å²) in [5.41, 5.74) is 1.36. The van der Waals surface area contributed by atoms with Gasteiger partial charge in [0.1, 0.15) is 0 Å². The molecule has 0 saturated carbocycles. The molecule has 7 nitrogen and oxygen atoms in total. The van der Waals surface area contributed by atoms with Crippen LogP contribution < -0.4 is 0 Å². The largest absolute Gasteiger partial charge is 0.416 e. The number of alkyl halides is 3. The molecule has 1 N–H and O–H groups in total. The van der Waals surface area contributed by atoms with E-state index in [0.29, 0.717) is 42.0 Å². The van der Waals surface area contributed by atoms with E-state index in [1.165, 1.54) is 11.2 Å². The quantitative estimate of drug-likeness (QED) is 0.608. The second-order valence-electron chi connectivity index (χ2n) is 8.01. The van der Waals surface area contributed by atoms with E-state index in [-0.39, 0.29) is 36.1 Å². The SMILES string of the molecule is CCc1c(C(=O)CN2CCN(S(=O)(=O)c3ccc(C(F)(F)F)cc3)CC2)[nH]c(C)c1C(C)=O. The van der Waals surface area contributed by atoms with E-state index in [1.807, 2.05) is 11.8 Å². The molecule has 1 aromatic heterocycles. The van der Waals surface area contributed by atoms with Crippen molar-refractivity contribution in [1.82, 2.24) is 14.2 Å². The van der Waals surface area contributed by atoms with Crippen LogP contribution in [0.2, 0.25) is 0 Å². The Morgan fingerprint density at radius 1 is 1.06 bits per heavy atom. The number of hydrogen-bond acceptors (Lipinski definition) is 5. The number of Topliss-reactive ketones (excluding diaryl/α,β-unsaturated/α-hetero) is 2. The van der Waals surface area contributed by atoms with Crippen LogP contribution in [-0.2, 0) is 22.6 Å². The number of halogens is 3. The van der Waals surface area contributed by atoms with E-state index in [4.69, 9.17) is 0 Å². The van der Waals surface area contributed by atoms with Crippen LogP contribution in [0.5, 0.6) is 0 Å². The van der Waals surface area contributed by atoms with Crippen LogP contribution in [0.25, 0.3) is 0 Å². The number of ketones is 2. The predicted octanol–water partition coefficient (Wildman–Crippen LogP) is 3.30. The molecule has 0 bridgehead atoms. The third-order valence-corrected chi connectivity index (χ3v) is 7.71. The van der Waals surface area contributed by atoms with Gasteiger partial charge in [-0.05, 0) is 50.1 Å². The maximum absolute atomic E-state index is 12.9. The first-order valence-corrected chi connectivity index (χ1v) is 12.0. The number of aryl methyl sites for hydroxylation is 1. The highest BCUT2D eigenvalue weighted by atomic mass is 32.2. The van der Waals surface area contributed by atoms with Crippen LogP contribution in [-0.4, -0.2) is 66.9 Å². The number of carbonyl (C=O) groups is 2. The first kappa shape index (κ1) is 25.1. The molecule has 2 heterocycles.